The quantitative estimate of drug-likeness (QED) is 0.781. The van der Waals surface area contributed by atoms with Crippen LogP contribution in [-0.2, 0) is 12.8 Å². The number of rotatable bonds is 7. The van der Waals surface area contributed by atoms with Crippen molar-refractivity contribution in [1.82, 2.24) is 20.5 Å². The number of hydrogen-bond acceptors (Lipinski definition) is 5. The van der Waals surface area contributed by atoms with Gasteiger partial charge in [-0.15, -0.1) is 5.10 Å². The van der Waals surface area contributed by atoms with Crippen LogP contribution < -0.4 is 10.2 Å². The Kier molecular flexibility index (Phi) is 6.36. The molecule has 1 unspecified atom stereocenters. The Morgan fingerprint density at radius 3 is 2.67 bits per heavy atom. The van der Waals surface area contributed by atoms with Gasteiger partial charge in [-0.25, -0.2) is 4.98 Å². The van der Waals surface area contributed by atoms with Gasteiger partial charge in [0.05, 0.1) is 11.4 Å². The second kappa shape index (κ2) is 8.27. The van der Waals surface area contributed by atoms with E-state index < -0.39 is 0 Å². The van der Waals surface area contributed by atoms with Gasteiger partial charge in [-0.05, 0) is 51.1 Å². The number of nitrogens with zero attached hydrogens (tertiary/aromatic N) is 4. The van der Waals surface area contributed by atoms with Crippen molar-refractivity contribution < 1.29 is 0 Å². The van der Waals surface area contributed by atoms with Crippen LogP contribution >= 0.6 is 0 Å². The van der Waals surface area contributed by atoms with Crippen LogP contribution in [-0.4, -0.2) is 41.4 Å². The zero-order valence-electron chi connectivity index (χ0n) is 13.7. The highest BCUT2D eigenvalue weighted by Crippen LogP contribution is 2.20. The lowest BCUT2D eigenvalue weighted by molar-refractivity contribution is 0.388. The number of aromatic nitrogens is 3. The maximum Gasteiger partial charge on any atom is 0.245 e. The van der Waals surface area contributed by atoms with Gasteiger partial charge in [-0.2, -0.15) is 5.10 Å². The largest absolute Gasteiger partial charge is 0.339 e. The molecule has 0 aromatic carbocycles. The molecule has 1 aromatic rings. The fourth-order valence-corrected chi connectivity index (χ4v) is 2.96. The van der Waals surface area contributed by atoms with E-state index in [2.05, 4.69) is 41.2 Å². The molecule has 0 spiro atoms. The average Bonchev–Trinajstić information content (AvgIpc) is 2.54. The molecule has 5 nitrogen and oxygen atoms in total. The van der Waals surface area contributed by atoms with E-state index in [9.17, 15) is 0 Å². The van der Waals surface area contributed by atoms with E-state index in [0.29, 0.717) is 5.92 Å². The predicted molar refractivity (Wildman–Crippen MR) is 86.7 cm³/mol. The van der Waals surface area contributed by atoms with Gasteiger partial charge in [0.25, 0.3) is 0 Å². The molecular formula is C16H29N5. The van der Waals surface area contributed by atoms with Crippen LogP contribution in [0.1, 0.15) is 51.4 Å². The molecule has 1 atom stereocenters. The van der Waals surface area contributed by atoms with Crippen molar-refractivity contribution in [3.63, 3.8) is 0 Å². The van der Waals surface area contributed by atoms with Crippen molar-refractivity contribution >= 4 is 5.95 Å². The molecule has 2 heterocycles. The van der Waals surface area contributed by atoms with Gasteiger partial charge >= 0.3 is 0 Å². The summed E-state index contributed by atoms with van der Waals surface area (Å²) < 4.78 is 0. The SMILES string of the molecule is CCCNCC1CCCN(c2nnc(CC)c(CC)n2)C1. The molecule has 118 valence electrons. The van der Waals surface area contributed by atoms with E-state index in [1.165, 1.54) is 19.3 Å². The molecule has 0 radical (unpaired) electrons. The lowest BCUT2D eigenvalue weighted by Crippen LogP contribution is -2.40. The summed E-state index contributed by atoms with van der Waals surface area (Å²) in [5.74, 6) is 1.52. The summed E-state index contributed by atoms with van der Waals surface area (Å²) in [6.45, 7) is 10.8. The summed E-state index contributed by atoms with van der Waals surface area (Å²) in [6, 6.07) is 0. The highest BCUT2D eigenvalue weighted by molar-refractivity contribution is 5.31. The first-order chi connectivity index (χ1) is 10.3. The number of piperidine rings is 1. The molecule has 0 saturated carbocycles. The predicted octanol–water partition coefficient (Wildman–Crippen LogP) is 2.21. The van der Waals surface area contributed by atoms with Gasteiger partial charge in [-0.1, -0.05) is 20.8 Å². The van der Waals surface area contributed by atoms with Crippen LogP contribution in [0.4, 0.5) is 5.95 Å². The fourth-order valence-electron chi connectivity index (χ4n) is 2.96. The Labute approximate surface area is 128 Å². The number of hydrogen-bond donors (Lipinski definition) is 1. The molecule has 2 rings (SSSR count). The van der Waals surface area contributed by atoms with E-state index >= 15 is 0 Å². The first-order valence-electron chi connectivity index (χ1n) is 8.46. The van der Waals surface area contributed by atoms with Crippen molar-refractivity contribution in [2.24, 2.45) is 5.92 Å². The van der Waals surface area contributed by atoms with Gasteiger partial charge in [0.2, 0.25) is 5.95 Å². The van der Waals surface area contributed by atoms with Crippen LogP contribution in [0, 0.1) is 5.92 Å². The molecule has 1 aromatic heterocycles. The van der Waals surface area contributed by atoms with Crippen LogP contribution in [0.3, 0.4) is 0 Å². The highest BCUT2D eigenvalue weighted by Gasteiger charge is 2.22. The van der Waals surface area contributed by atoms with Crippen molar-refractivity contribution in [2.75, 3.05) is 31.1 Å². The Hall–Kier alpha value is -1.23. The lowest BCUT2D eigenvalue weighted by atomic mass is 9.98. The summed E-state index contributed by atoms with van der Waals surface area (Å²) in [7, 11) is 0. The maximum atomic E-state index is 4.75. The van der Waals surface area contributed by atoms with Gasteiger partial charge in [0.1, 0.15) is 0 Å². The van der Waals surface area contributed by atoms with Crippen LogP contribution in [0.2, 0.25) is 0 Å². The van der Waals surface area contributed by atoms with Crippen molar-refractivity contribution in [2.45, 2.75) is 52.9 Å². The number of aryl methyl sites for hydroxylation is 2. The monoisotopic (exact) mass is 291 g/mol. The smallest absolute Gasteiger partial charge is 0.245 e. The van der Waals surface area contributed by atoms with Crippen LogP contribution in [0.15, 0.2) is 0 Å². The van der Waals surface area contributed by atoms with Crippen molar-refractivity contribution in [3.05, 3.63) is 11.4 Å². The van der Waals surface area contributed by atoms with Gasteiger partial charge in [-0.3, -0.25) is 0 Å². The molecular weight excluding hydrogens is 262 g/mol. The summed E-state index contributed by atoms with van der Waals surface area (Å²) in [6.07, 6.45) is 5.56. The molecule has 1 aliphatic heterocycles. The molecule has 21 heavy (non-hydrogen) atoms. The normalized spacial score (nSPS) is 19.0. The third-order valence-electron chi connectivity index (χ3n) is 4.16. The van der Waals surface area contributed by atoms with E-state index in [4.69, 9.17) is 4.98 Å². The fraction of sp³-hybridized carbons (Fsp3) is 0.812. The van der Waals surface area contributed by atoms with Gasteiger partial charge in [0, 0.05) is 13.1 Å². The summed E-state index contributed by atoms with van der Waals surface area (Å²) in [5.41, 5.74) is 2.15. The van der Waals surface area contributed by atoms with Crippen molar-refractivity contribution in [3.8, 4) is 0 Å². The van der Waals surface area contributed by atoms with Crippen molar-refractivity contribution in [1.29, 1.82) is 0 Å². The van der Waals surface area contributed by atoms with Gasteiger partial charge in [0.15, 0.2) is 0 Å². The standard InChI is InChI=1S/C16H29N5/c1-4-9-17-11-13-8-7-10-21(12-13)16-18-14(5-2)15(6-3)19-20-16/h13,17H,4-12H2,1-3H3. The highest BCUT2D eigenvalue weighted by atomic mass is 15.3. The number of nitrogens with one attached hydrogen (secondary N) is 1. The molecule has 1 saturated heterocycles. The summed E-state index contributed by atoms with van der Waals surface area (Å²) in [5, 5.41) is 12.3. The molecule has 0 aliphatic carbocycles. The Morgan fingerprint density at radius 1 is 1.14 bits per heavy atom. The van der Waals surface area contributed by atoms with Crippen LogP contribution in [0.5, 0.6) is 0 Å². The molecule has 0 bridgehead atoms. The molecule has 1 aliphatic rings. The minimum atomic E-state index is 0.699. The van der Waals surface area contributed by atoms with E-state index in [1.807, 2.05) is 0 Å². The molecule has 1 fully saturated rings. The van der Waals surface area contributed by atoms with Gasteiger partial charge < -0.3 is 10.2 Å². The minimum absolute atomic E-state index is 0.699. The first-order valence-corrected chi connectivity index (χ1v) is 8.46. The summed E-state index contributed by atoms with van der Waals surface area (Å²) >= 11 is 0. The topological polar surface area (TPSA) is 53.9 Å². The first kappa shape index (κ1) is 16.1. The average molecular weight is 291 g/mol. The zero-order chi connectivity index (χ0) is 15.1. The minimum Gasteiger partial charge on any atom is -0.339 e. The zero-order valence-corrected chi connectivity index (χ0v) is 13.7. The van der Waals surface area contributed by atoms with E-state index in [1.54, 1.807) is 0 Å². The molecule has 0 amide bonds. The summed E-state index contributed by atoms with van der Waals surface area (Å²) in [4.78, 5) is 7.06. The van der Waals surface area contributed by atoms with Crippen LogP contribution in [0.25, 0.3) is 0 Å². The molecule has 5 heteroatoms. The third kappa shape index (κ3) is 4.37. The van der Waals surface area contributed by atoms with E-state index in [-0.39, 0.29) is 0 Å². The Bertz CT molecular complexity index is 435. The Morgan fingerprint density at radius 2 is 1.95 bits per heavy atom. The Balaban J connectivity index is 2.00. The lowest BCUT2D eigenvalue weighted by Gasteiger charge is -2.32. The number of anilines is 1. The second-order valence-electron chi connectivity index (χ2n) is 5.87. The van der Waals surface area contributed by atoms with E-state index in [0.717, 1.165) is 56.4 Å². The third-order valence-corrected chi connectivity index (χ3v) is 4.16. The maximum absolute atomic E-state index is 4.75. The second-order valence-corrected chi connectivity index (χ2v) is 5.87. The molecule has 1 N–H and O–H groups in total.